The number of nitrogens with one attached hydrogen (secondary N) is 1. The quantitative estimate of drug-likeness (QED) is 0.831. The van der Waals surface area contributed by atoms with Gasteiger partial charge in [0.05, 0.1) is 12.8 Å². The Labute approximate surface area is 114 Å². The van der Waals surface area contributed by atoms with Crippen molar-refractivity contribution in [2.75, 3.05) is 19.7 Å². The lowest BCUT2D eigenvalue weighted by Crippen LogP contribution is -2.44. The Hall–Kier alpha value is -1.49. The minimum Gasteiger partial charge on any atom is -0.467 e. The lowest BCUT2D eigenvalue weighted by molar-refractivity contribution is 0.164. The number of furan rings is 1. The summed E-state index contributed by atoms with van der Waals surface area (Å²) in [5.74, 6) is 0.728. The molecule has 0 saturated heterocycles. The summed E-state index contributed by atoms with van der Waals surface area (Å²) in [5.41, 5.74) is 0.0253. The lowest BCUT2D eigenvalue weighted by atomic mass is 9.96. The highest BCUT2D eigenvalue weighted by Crippen LogP contribution is 2.15. The lowest BCUT2D eigenvalue weighted by Gasteiger charge is -2.30. The van der Waals surface area contributed by atoms with Gasteiger partial charge in [-0.25, -0.2) is 4.79 Å². The van der Waals surface area contributed by atoms with Crippen LogP contribution in [-0.4, -0.2) is 35.7 Å². The molecule has 1 heterocycles. The van der Waals surface area contributed by atoms with E-state index in [1.165, 1.54) is 0 Å². The van der Waals surface area contributed by atoms with E-state index in [9.17, 15) is 4.79 Å². The molecule has 0 spiro atoms. The first-order valence-electron chi connectivity index (χ1n) is 6.58. The highest BCUT2D eigenvalue weighted by Gasteiger charge is 2.20. The van der Waals surface area contributed by atoms with Crippen molar-refractivity contribution in [2.45, 2.75) is 33.7 Å². The van der Waals surface area contributed by atoms with Crippen molar-refractivity contribution >= 4 is 6.03 Å². The summed E-state index contributed by atoms with van der Waals surface area (Å²) in [6, 6.07) is 3.49. The maximum Gasteiger partial charge on any atom is 0.317 e. The number of nitrogens with zero attached hydrogens (tertiary/aromatic N) is 1. The average molecular weight is 268 g/mol. The minimum absolute atomic E-state index is 0.0253. The number of urea groups is 1. The van der Waals surface area contributed by atoms with Crippen LogP contribution in [0.1, 0.15) is 33.0 Å². The van der Waals surface area contributed by atoms with E-state index in [2.05, 4.69) is 26.1 Å². The molecule has 2 N–H and O–H groups in total. The minimum atomic E-state index is -0.125. The van der Waals surface area contributed by atoms with Crippen LogP contribution >= 0.6 is 0 Å². The zero-order valence-electron chi connectivity index (χ0n) is 12.0. The molecule has 0 unspecified atom stereocenters. The molecule has 1 aromatic rings. The molecular weight excluding hydrogens is 244 g/mol. The molecule has 0 radical (unpaired) electrons. The molecule has 0 aromatic carbocycles. The van der Waals surface area contributed by atoms with Gasteiger partial charge in [-0.1, -0.05) is 20.8 Å². The predicted molar refractivity (Wildman–Crippen MR) is 73.7 cm³/mol. The van der Waals surface area contributed by atoms with Gasteiger partial charge in [0.15, 0.2) is 0 Å². The van der Waals surface area contributed by atoms with E-state index in [0.717, 1.165) is 5.76 Å². The van der Waals surface area contributed by atoms with Gasteiger partial charge in [-0.3, -0.25) is 0 Å². The van der Waals surface area contributed by atoms with E-state index in [-0.39, 0.29) is 18.1 Å². The summed E-state index contributed by atoms with van der Waals surface area (Å²) in [6.07, 6.45) is 2.17. The number of carbonyl (C=O) groups excluding carboxylic acids is 1. The van der Waals surface area contributed by atoms with Crippen LogP contribution in [0.15, 0.2) is 22.8 Å². The molecule has 108 valence electrons. The SMILES string of the molecule is CC(C)(C)CN(CCCO)C(=O)NCc1ccco1. The molecule has 2 amide bonds. The van der Waals surface area contributed by atoms with Gasteiger partial charge < -0.3 is 19.7 Å². The topological polar surface area (TPSA) is 65.7 Å². The standard InChI is InChI=1S/C14H24N2O3/c1-14(2,3)11-16(7-5-8-17)13(18)15-10-12-6-4-9-19-12/h4,6,9,17H,5,7-8,10-11H2,1-3H3,(H,15,18). The Balaban J connectivity index is 2.50. The number of amides is 2. The Morgan fingerprint density at radius 1 is 1.47 bits per heavy atom. The van der Waals surface area contributed by atoms with Crippen molar-refractivity contribution in [1.82, 2.24) is 10.2 Å². The fraction of sp³-hybridized carbons (Fsp3) is 0.643. The second-order valence-corrected chi connectivity index (χ2v) is 5.80. The summed E-state index contributed by atoms with van der Waals surface area (Å²) in [7, 11) is 0. The first kappa shape index (κ1) is 15.6. The number of hydrogen-bond donors (Lipinski definition) is 2. The van der Waals surface area contributed by atoms with Crippen LogP contribution in [0.5, 0.6) is 0 Å². The Bertz CT molecular complexity index is 369. The monoisotopic (exact) mass is 268 g/mol. The van der Waals surface area contributed by atoms with Crippen molar-refractivity contribution < 1.29 is 14.3 Å². The summed E-state index contributed by atoms with van der Waals surface area (Å²) in [4.78, 5) is 13.8. The second kappa shape index (κ2) is 7.19. The molecule has 0 bridgehead atoms. The zero-order chi connectivity index (χ0) is 14.3. The van der Waals surface area contributed by atoms with Crippen LogP contribution in [0, 0.1) is 5.41 Å². The fourth-order valence-electron chi connectivity index (χ4n) is 1.77. The molecule has 5 heteroatoms. The van der Waals surface area contributed by atoms with E-state index in [4.69, 9.17) is 9.52 Å². The Morgan fingerprint density at radius 3 is 2.74 bits per heavy atom. The number of aliphatic hydroxyl groups excluding tert-OH is 1. The summed E-state index contributed by atoms with van der Waals surface area (Å²) in [6.45, 7) is 7.92. The van der Waals surface area contributed by atoms with Crippen molar-refractivity contribution in [2.24, 2.45) is 5.41 Å². The third-order valence-electron chi connectivity index (χ3n) is 2.53. The summed E-state index contributed by atoms with van der Waals surface area (Å²) >= 11 is 0. The number of hydrogen-bond acceptors (Lipinski definition) is 3. The number of carbonyl (C=O) groups is 1. The molecule has 1 aromatic heterocycles. The van der Waals surface area contributed by atoms with E-state index >= 15 is 0 Å². The van der Waals surface area contributed by atoms with Crippen molar-refractivity contribution in [1.29, 1.82) is 0 Å². The van der Waals surface area contributed by atoms with Crippen LogP contribution in [0.3, 0.4) is 0 Å². The molecule has 5 nitrogen and oxygen atoms in total. The first-order valence-corrected chi connectivity index (χ1v) is 6.58. The van der Waals surface area contributed by atoms with Crippen molar-refractivity contribution in [3.05, 3.63) is 24.2 Å². The normalized spacial score (nSPS) is 11.4. The van der Waals surface area contributed by atoms with Crippen LogP contribution in [0.25, 0.3) is 0 Å². The summed E-state index contributed by atoms with van der Waals surface area (Å²) < 4.78 is 5.17. The van der Waals surface area contributed by atoms with Gasteiger partial charge in [0.2, 0.25) is 0 Å². The highest BCUT2D eigenvalue weighted by molar-refractivity contribution is 5.74. The fourth-order valence-corrected chi connectivity index (χ4v) is 1.77. The molecule has 0 fully saturated rings. The molecular formula is C14H24N2O3. The Kier molecular flexibility index (Phi) is 5.89. The molecule has 0 saturated carbocycles. The largest absolute Gasteiger partial charge is 0.467 e. The van der Waals surface area contributed by atoms with Gasteiger partial charge in [0, 0.05) is 19.7 Å². The molecule has 0 aliphatic rings. The van der Waals surface area contributed by atoms with Gasteiger partial charge in [0.1, 0.15) is 5.76 Å². The summed E-state index contributed by atoms with van der Waals surface area (Å²) in [5, 5.41) is 11.7. The average Bonchev–Trinajstić information content (AvgIpc) is 2.83. The third-order valence-corrected chi connectivity index (χ3v) is 2.53. The number of aliphatic hydroxyl groups is 1. The van der Waals surface area contributed by atoms with Crippen LogP contribution in [0.2, 0.25) is 0 Å². The zero-order valence-corrected chi connectivity index (χ0v) is 12.0. The smallest absolute Gasteiger partial charge is 0.317 e. The van der Waals surface area contributed by atoms with Crippen LogP contribution in [0.4, 0.5) is 4.79 Å². The molecule has 19 heavy (non-hydrogen) atoms. The van der Waals surface area contributed by atoms with Crippen LogP contribution < -0.4 is 5.32 Å². The van der Waals surface area contributed by atoms with E-state index in [1.807, 2.05) is 6.07 Å². The van der Waals surface area contributed by atoms with E-state index in [1.54, 1.807) is 17.2 Å². The Morgan fingerprint density at radius 2 is 2.21 bits per heavy atom. The maximum absolute atomic E-state index is 12.1. The first-order chi connectivity index (χ1) is 8.92. The highest BCUT2D eigenvalue weighted by atomic mass is 16.3. The van der Waals surface area contributed by atoms with Crippen LogP contribution in [-0.2, 0) is 6.54 Å². The predicted octanol–water partition coefficient (Wildman–Crippen LogP) is 2.22. The third kappa shape index (κ3) is 6.29. The van der Waals surface area contributed by atoms with Crippen molar-refractivity contribution in [3.8, 4) is 0 Å². The van der Waals surface area contributed by atoms with Gasteiger partial charge in [-0.15, -0.1) is 0 Å². The van der Waals surface area contributed by atoms with Crippen molar-refractivity contribution in [3.63, 3.8) is 0 Å². The van der Waals surface area contributed by atoms with Gasteiger partial charge in [-0.2, -0.15) is 0 Å². The second-order valence-electron chi connectivity index (χ2n) is 5.80. The van der Waals surface area contributed by atoms with Gasteiger partial charge >= 0.3 is 6.03 Å². The molecule has 0 atom stereocenters. The maximum atomic E-state index is 12.1. The van der Waals surface area contributed by atoms with Gasteiger partial charge in [0.25, 0.3) is 0 Å². The van der Waals surface area contributed by atoms with E-state index in [0.29, 0.717) is 26.1 Å². The molecule has 0 aliphatic heterocycles. The number of rotatable bonds is 6. The van der Waals surface area contributed by atoms with E-state index < -0.39 is 0 Å². The van der Waals surface area contributed by atoms with Gasteiger partial charge in [-0.05, 0) is 24.0 Å². The molecule has 1 rings (SSSR count). The molecule has 0 aliphatic carbocycles.